The lowest BCUT2D eigenvalue weighted by atomic mass is 10.2. The van der Waals surface area contributed by atoms with E-state index in [0.717, 1.165) is 23.4 Å². The summed E-state index contributed by atoms with van der Waals surface area (Å²) in [6.07, 6.45) is 1.39. The zero-order valence-corrected chi connectivity index (χ0v) is 13.3. The van der Waals surface area contributed by atoms with Crippen molar-refractivity contribution < 1.29 is 13.6 Å². The number of aromatic nitrogens is 2. The Morgan fingerprint density at radius 1 is 1.00 bits per heavy atom. The Labute approximate surface area is 142 Å². The summed E-state index contributed by atoms with van der Waals surface area (Å²) < 4.78 is 27.3. The van der Waals surface area contributed by atoms with E-state index in [2.05, 4.69) is 20.6 Å². The summed E-state index contributed by atoms with van der Waals surface area (Å²) in [6.45, 7) is 1.97. The Balaban J connectivity index is 1.78. The van der Waals surface area contributed by atoms with Crippen molar-refractivity contribution in [3.8, 4) is 0 Å². The molecular weight excluding hydrogens is 326 g/mol. The lowest BCUT2D eigenvalue weighted by Gasteiger charge is -2.09. The van der Waals surface area contributed by atoms with Gasteiger partial charge in [-0.1, -0.05) is 23.8 Å². The van der Waals surface area contributed by atoms with Crippen LogP contribution in [0.4, 0.5) is 26.1 Å². The van der Waals surface area contributed by atoms with E-state index in [4.69, 9.17) is 0 Å². The van der Waals surface area contributed by atoms with Crippen molar-refractivity contribution in [2.24, 2.45) is 0 Å². The molecule has 3 aromatic rings. The molecule has 25 heavy (non-hydrogen) atoms. The highest BCUT2D eigenvalue weighted by atomic mass is 19.1. The predicted molar refractivity (Wildman–Crippen MR) is 90.8 cm³/mol. The quantitative estimate of drug-likeness (QED) is 0.752. The minimum Gasteiger partial charge on any atom is -0.324 e. The van der Waals surface area contributed by atoms with Crippen LogP contribution in [0.3, 0.4) is 0 Å². The number of rotatable bonds is 4. The molecule has 1 aromatic heterocycles. The summed E-state index contributed by atoms with van der Waals surface area (Å²) in [7, 11) is 0. The number of hydrogen-bond donors (Lipinski definition) is 2. The van der Waals surface area contributed by atoms with Gasteiger partial charge >= 0.3 is 0 Å². The molecule has 3 rings (SSSR count). The topological polar surface area (TPSA) is 66.9 Å². The van der Waals surface area contributed by atoms with Gasteiger partial charge in [0, 0.05) is 11.9 Å². The van der Waals surface area contributed by atoms with Gasteiger partial charge in [-0.25, -0.2) is 18.7 Å². The summed E-state index contributed by atoms with van der Waals surface area (Å²) in [5.74, 6) is -2.26. The van der Waals surface area contributed by atoms with Crippen LogP contribution in [-0.4, -0.2) is 15.9 Å². The van der Waals surface area contributed by atoms with Crippen LogP contribution in [-0.2, 0) is 0 Å². The predicted octanol–water partition coefficient (Wildman–Crippen LogP) is 4.06. The Morgan fingerprint density at radius 3 is 2.36 bits per heavy atom. The van der Waals surface area contributed by atoms with Crippen molar-refractivity contribution in [3.05, 3.63) is 77.6 Å². The largest absolute Gasteiger partial charge is 0.324 e. The SMILES string of the molecule is Cc1ccc(Nc2nccc(C(=O)Nc3c(F)cccc3F)n2)cc1. The average molecular weight is 340 g/mol. The van der Waals surface area contributed by atoms with Crippen molar-refractivity contribution in [1.82, 2.24) is 9.97 Å². The van der Waals surface area contributed by atoms with Crippen LogP contribution in [0.25, 0.3) is 0 Å². The number of aryl methyl sites for hydroxylation is 1. The number of carbonyl (C=O) groups is 1. The molecule has 0 bridgehead atoms. The first-order chi connectivity index (χ1) is 12.0. The van der Waals surface area contributed by atoms with E-state index in [-0.39, 0.29) is 11.6 Å². The van der Waals surface area contributed by atoms with Crippen LogP contribution in [0, 0.1) is 18.6 Å². The molecule has 1 heterocycles. The molecule has 126 valence electrons. The number of amides is 1. The molecule has 0 spiro atoms. The molecule has 0 aliphatic carbocycles. The fraction of sp³-hybridized carbons (Fsp3) is 0.0556. The first-order valence-electron chi connectivity index (χ1n) is 7.45. The van der Waals surface area contributed by atoms with Crippen LogP contribution >= 0.6 is 0 Å². The summed E-state index contributed by atoms with van der Waals surface area (Å²) in [5.41, 5.74) is 1.32. The molecule has 0 fully saturated rings. The number of benzene rings is 2. The second-order valence-corrected chi connectivity index (χ2v) is 5.31. The number of nitrogens with one attached hydrogen (secondary N) is 2. The van der Waals surface area contributed by atoms with E-state index >= 15 is 0 Å². The van der Waals surface area contributed by atoms with E-state index in [1.807, 2.05) is 31.2 Å². The van der Waals surface area contributed by atoms with Crippen LogP contribution < -0.4 is 10.6 Å². The summed E-state index contributed by atoms with van der Waals surface area (Å²) in [6, 6.07) is 12.2. The normalized spacial score (nSPS) is 10.4. The van der Waals surface area contributed by atoms with Gasteiger partial charge in [0.05, 0.1) is 0 Å². The molecule has 0 atom stereocenters. The summed E-state index contributed by atoms with van der Waals surface area (Å²) >= 11 is 0. The first kappa shape index (κ1) is 16.5. The molecule has 0 aliphatic rings. The molecule has 0 unspecified atom stereocenters. The van der Waals surface area contributed by atoms with Gasteiger partial charge in [0.1, 0.15) is 23.0 Å². The van der Waals surface area contributed by atoms with Gasteiger partial charge < -0.3 is 10.6 Å². The molecule has 7 heteroatoms. The molecule has 1 amide bonds. The number of nitrogens with zero attached hydrogens (tertiary/aromatic N) is 2. The van der Waals surface area contributed by atoms with Crippen LogP contribution in [0.1, 0.15) is 16.1 Å². The lowest BCUT2D eigenvalue weighted by Crippen LogP contribution is -2.16. The number of anilines is 3. The van der Waals surface area contributed by atoms with Gasteiger partial charge in [-0.3, -0.25) is 4.79 Å². The molecule has 2 N–H and O–H groups in total. The van der Waals surface area contributed by atoms with E-state index in [1.165, 1.54) is 18.3 Å². The number of carbonyl (C=O) groups excluding carboxylic acids is 1. The Kier molecular flexibility index (Phi) is 4.65. The van der Waals surface area contributed by atoms with Crippen molar-refractivity contribution >= 4 is 23.2 Å². The third kappa shape index (κ3) is 3.95. The van der Waals surface area contributed by atoms with Gasteiger partial charge in [-0.15, -0.1) is 0 Å². The van der Waals surface area contributed by atoms with E-state index in [0.29, 0.717) is 0 Å². The highest BCUT2D eigenvalue weighted by molar-refractivity contribution is 6.03. The van der Waals surface area contributed by atoms with Crippen LogP contribution in [0.5, 0.6) is 0 Å². The Bertz CT molecular complexity index is 893. The lowest BCUT2D eigenvalue weighted by molar-refractivity contribution is 0.102. The summed E-state index contributed by atoms with van der Waals surface area (Å²) in [5, 5.41) is 5.15. The molecule has 0 aliphatic heterocycles. The summed E-state index contributed by atoms with van der Waals surface area (Å²) in [4.78, 5) is 20.3. The highest BCUT2D eigenvalue weighted by Crippen LogP contribution is 2.19. The van der Waals surface area contributed by atoms with Crippen molar-refractivity contribution in [1.29, 1.82) is 0 Å². The molecule has 0 radical (unpaired) electrons. The maximum Gasteiger partial charge on any atom is 0.274 e. The zero-order chi connectivity index (χ0) is 17.8. The first-order valence-corrected chi connectivity index (χ1v) is 7.45. The fourth-order valence-electron chi connectivity index (χ4n) is 2.11. The number of halogens is 2. The van der Waals surface area contributed by atoms with Gasteiger partial charge in [0.2, 0.25) is 5.95 Å². The number of hydrogen-bond acceptors (Lipinski definition) is 4. The number of para-hydroxylation sites is 1. The second-order valence-electron chi connectivity index (χ2n) is 5.31. The minimum absolute atomic E-state index is 0.0211. The van der Waals surface area contributed by atoms with Gasteiger partial charge in [-0.05, 0) is 37.3 Å². The third-order valence-electron chi connectivity index (χ3n) is 3.40. The molecule has 0 saturated carbocycles. The van der Waals surface area contributed by atoms with Gasteiger partial charge in [-0.2, -0.15) is 0 Å². The third-order valence-corrected chi connectivity index (χ3v) is 3.40. The Morgan fingerprint density at radius 2 is 1.68 bits per heavy atom. The van der Waals surface area contributed by atoms with Crippen LogP contribution in [0.15, 0.2) is 54.7 Å². The van der Waals surface area contributed by atoms with Crippen molar-refractivity contribution in [2.75, 3.05) is 10.6 Å². The zero-order valence-electron chi connectivity index (χ0n) is 13.3. The maximum absolute atomic E-state index is 13.6. The fourth-order valence-corrected chi connectivity index (χ4v) is 2.11. The second kappa shape index (κ2) is 7.04. The van der Waals surface area contributed by atoms with Crippen molar-refractivity contribution in [3.63, 3.8) is 0 Å². The van der Waals surface area contributed by atoms with E-state index in [9.17, 15) is 13.6 Å². The smallest absolute Gasteiger partial charge is 0.274 e. The molecule has 0 saturated heterocycles. The van der Waals surface area contributed by atoms with E-state index in [1.54, 1.807) is 0 Å². The van der Waals surface area contributed by atoms with Gasteiger partial charge in [0.15, 0.2) is 0 Å². The molecule has 5 nitrogen and oxygen atoms in total. The molecule has 2 aromatic carbocycles. The standard InChI is InChI=1S/C18H14F2N4O/c1-11-5-7-12(8-6-11)22-18-21-10-9-15(23-18)17(25)24-16-13(19)3-2-4-14(16)20/h2-10H,1H3,(H,24,25)(H,21,22,23). The highest BCUT2D eigenvalue weighted by Gasteiger charge is 2.15. The maximum atomic E-state index is 13.6. The average Bonchev–Trinajstić information content (AvgIpc) is 2.60. The monoisotopic (exact) mass is 340 g/mol. The van der Waals surface area contributed by atoms with E-state index < -0.39 is 23.2 Å². The minimum atomic E-state index is -0.861. The van der Waals surface area contributed by atoms with Gasteiger partial charge in [0.25, 0.3) is 5.91 Å². The molecular formula is C18H14F2N4O. The van der Waals surface area contributed by atoms with Crippen molar-refractivity contribution in [2.45, 2.75) is 6.92 Å². The Hall–Kier alpha value is -3.35. The van der Waals surface area contributed by atoms with Crippen LogP contribution in [0.2, 0.25) is 0 Å².